The molecule has 1 amide bonds. The van der Waals surface area contributed by atoms with E-state index in [1.165, 1.54) is 0 Å². The Morgan fingerprint density at radius 3 is 2.66 bits per heavy atom. The zero-order valence-corrected chi connectivity index (χ0v) is 20.5. The van der Waals surface area contributed by atoms with Crippen molar-refractivity contribution in [2.24, 2.45) is 11.8 Å². The first-order valence-electron chi connectivity index (χ1n) is 12.0. The summed E-state index contributed by atoms with van der Waals surface area (Å²) in [4.78, 5) is 19.2. The summed E-state index contributed by atoms with van der Waals surface area (Å²) in [6, 6.07) is 8.35. The molecule has 2 aliphatic heterocycles. The topological polar surface area (TPSA) is 105 Å². The van der Waals surface area contributed by atoms with Gasteiger partial charge < -0.3 is 19.7 Å². The van der Waals surface area contributed by atoms with Gasteiger partial charge in [0.15, 0.2) is 0 Å². The van der Waals surface area contributed by atoms with Crippen molar-refractivity contribution in [1.82, 2.24) is 19.9 Å². The monoisotopic (exact) mass is 474 g/mol. The van der Waals surface area contributed by atoms with Crippen LogP contribution in [0, 0.1) is 23.2 Å². The number of aromatic nitrogens is 3. The standard InChI is InChI=1S/C26H30N6O3/c1-5-34-20-9-21(24-19(10-27)12-29-32(24)15-20)16-6-7-22(28-11-16)31-13-17-8-18(14-31)23(17)30-25(33)35-26(2,3)4/h6-7,9,11-12,15,17-18,23H,5,8,13-14H2,1-4H3,(H,30,33)/t17-,18+,23?. The highest BCUT2D eigenvalue weighted by Gasteiger charge is 2.48. The number of pyridine rings is 2. The number of piperidine rings is 2. The van der Waals surface area contributed by atoms with E-state index in [9.17, 15) is 10.1 Å². The van der Waals surface area contributed by atoms with Gasteiger partial charge in [0.05, 0.1) is 30.1 Å². The average Bonchev–Trinajstić information content (AvgIpc) is 3.24. The van der Waals surface area contributed by atoms with Crippen molar-refractivity contribution in [3.63, 3.8) is 0 Å². The molecule has 2 saturated heterocycles. The Morgan fingerprint density at radius 2 is 2.03 bits per heavy atom. The number of nitrogens with one attached hydrogen (secondary N) is 1. The molecule has 0 radical (unpaired) electrons. The minimum Gasteiger partial charge on any atom is -0.492 e. The molecule has 1 N–H and O–H groups in total. The summed E-state index contributed by atoms with van der Waals surface area (Å²) in [6.07, 6.45) is 5.95. The fraction of sp³-hybridized carbons (Fsp3) is 0.462. The van der Waals surface area contributed by atoms with Crippen LogP contribution in [-0.4, -0.2) is 52.0 Å². The minimum absolute atomic E-state index is 0.154. The number of nitrogens with zero attached hydrogens (tertiary/aromatic N) is 5. The number of amides is 1. The first-order chi connectivity index (χ1) is 16.8. The summed E-state index contributed by atoms with van der Waals surface area (Å²) in [7, 11) is 0. The number of anilines is 1. The number of hydrogen-bond donors (Lipinski definition) is 1. The van der Waals surface area contributed by atoms with Crippen molar-refractivity contribution in [2.45, 2.75) is 45.8 Å². The maximum atomic E-state index is 12.2. The highest BCUT2D eigenvalue weighted by molar-refractivity contribution is 5.85. The molecule has 5 heterocycles. The first kappa shape index (κ1) is 23.0. The quantitative estimate of drug-likeness (QED) is 0.596. The van der Waals surface area contributed by atoms with E-state index in [-0.39, 0.29) is 12.1 Å². The van der Waals surface area contributed by atoms with Gasteiger partial charge in [-0.3, -0.25) is 0 Å². The van der Waals surface area contributed by atoms with Crippen LogP contribution in [0.1, 0.15) is 39.7 Å². The molecule has 3 aromatic heterocycles. The Labute approximate surface area is 204 Å². The van der Waals surface area contributed by atoms with Crippen molar-refractivity contribution < 1.29 is 14.3 Å². The van der Waals surface area contributed by atoms with E-state index in [2.05, 4.69) is 21.4 Å². The van der Waals surface area contributed by atoms with E-state index in [4.69, 9.17) is 14.5 Å². The van der Waals surface area contributed by atoms with Crippen LogP contribution in [0.4, 0.5) is 10.6 Å². The van der Waals surface area contributed by atoms with E-state index in [1.54, 1.807) is 16.9 Å². The van der Waals surface area contributed by atoms with Gasteiger partial charge in [-0.1, -0.05) is 0 Å². The van der Waals surface area contributed by atoms with Crippen LogP contribution in [0.15, 0.2) is 36.8 Å². The van der Waals surface area contributed by atoms with Gasteiger partial charge in [0.1, 0.15) is 23.2 Å². The number of hydrogen-bond acceptors (Lipinski definition) is 7. The van der Waals surface area contributed by atoms with Crippen LogP contribution in [0.3, 0.4) is 0 Å². The molecule has 2 bridgehead atoms. The lowest BCUT2D eigenvalue weighted by molar-refractivity contribution is 0.0283. The fourth-order valence-electron chi connectivity index (χ4n) is 5.13. The Kier molecular flexibility index (Phi) is 5.75. The largest absolute Gasteiger partial charge is 0.492 e. The second-order valence-electron chi connectivity index (χ2n) is 10.2. The highest BCUT2D eigenvalue weighted by Crippen LogP contribution is 2.41. The normalized spacial score (nSPS) is 21.2. The van der Waals surface area contributed by atoms with Gasteiger partial charge in [0.2, 0.25) is 0 Å². The molecule has 0 spiro atoms. The van der Waals surface area contributed by atoms with Crippen LogP contribution in [0.25, 0.3) is 16.6 Å². The molecule has 0 aromatic carbocycles. The predicted octanol–water partition coefficient (Wildman–Crippen LogP) is 4.02. The van der Waals surface area contributed by atoms with Crippen molar-refractivity contribution in [3.05, 3.63) is 42.4 Å². The molecule has 1 aliphatic carbocycles. The summed E-state index contributed by atoms with van der Waals surface area (Å²) < 4.78 is 12.8. The summed E-state index contributed by atoms with van der Waals surface area (Å²) in [5.41, 5.74) is 2.49. The fourth-order valence-corrected chi connectivity index (χ4v) is 5.13. The number of fused-ring (bicyclic) bond motifs is 3. The van der Waals surface area contributed by atoms with Crippen molar-refractivity contribution in [3.8, 4) is 22.9 Å². The molecule has 3 aliphatic rings. The lowest BCUT2D eigenvalue weighted by Gasteiger charge is -2.53. The molecule has 6 rings (SSSR count). The van der Waals surface area contributed by atoms with E-state index in [1.807, 2.05) is 52.1 Å². The van der Waals surface area contributed by atoms with Crippen molar-refractivity contribution in [1.29, 1.82) is 5.26 Å². The first-order valence-corrected chi connectivity index (χ1v) is 12.0. The van der Waals surface area contributed by atoms with Crippen molar-refractivity contribution >= 4 is 17.4 Å². The van der Waals surface area contributed by atoms with Crippen LogP contribution in [0.5, 0.6) is 5.75 Å². The number of alkyl carbamates (subject to hydrolysis) is 1. The molecule has 3 fully saturated rings. The maximum absolute atomic E-state index is 12.2. The molecule has 9 nitrogen and oxygen atoms in total. The molecule has 3 atom stereocenters. The van der Waals surface area contributed by atoms with E-state index in [0.717, 1.165) is 42.0 Å². The number of rotatable bonds is 5. The second kappa shape index (κ2) is 8.77. The zero-order chi connectivity index (χ0) is 24.7. The van der Waals surface area contributed by atoms with Crippen LogP contribution in [-0.2, 0) is 4.74 Å². The number of carbonyl (C=O) groups excluding carboxylic acids is 1. The van der Waals surface area contributed by atoms with Gasteiger partial charge in [-0.2, -0.15) is 10.4 Å². The van der Waals surface area contributed by atoms with Gasteiger partial charge in [-0.15, -0.1) is 0 Å². The van der Waals surface area contributed by atoms with Crippen LogP contribution < -0.4 is 15.0 Å². The molecular weight excluding hydrogens is 444 g/mol. The van der Waals surface area contributed by atoms with Gasteiger partial charge in [-0.25, -0.2) is 14.3 Å². The molecule has 9 heteroatoms. The van der Waals surface area contributed by atoms with Gasteiger partial charge >= 0.3 is 6.09 Å². The summed E-state index contributed by atoms with van der Waals surface area (Å²) in [5, 5.41) is 16.9. The second-order valence-corrected chi connectivity index (χ2v) is 10.2. The van der Waals surface area contributed by atoms with Crippen LogP contribution >= 0.6 is 0 Å². The summed E-state index contributed by atoms with van der Waals surface area (Å²) in [5.74, 6) is 2.36. The predicted molar refractivity (Wildman–Crippen MR) is 131 cm³/mol. The molecule has 35 heavy (non-hydrogen) atoms. The minimum atomic E-state index is -0.501. The third-order valence-electron chi connectivity index (χ3n) is 6.62. The molecular formula is C26H30N6O3. The molecule has 1 unspecified atom stereocenters. The average molecular weight is 475 g/mol. The molecule has 1 saturated carbocycles. The summed E-state index contributed by atoms with van der Waals surface area (Å²) >= 11 is 0. The van der Waals surface area contributed by atoms with Gasteiger partial charge in [0.25, 0.3) is 0 Å². The molecule has 182 valence electrons. The number of nitriles is 1. The lowest BCUT2D eigenvalue weighted by atomic mass is 9.66. The molecule has 3 aromatic rings. The maximum Gasteiger partial charge on any atom is 0.407 e. The number of ether oxygens (including phenoxy) is 2. The Hall–Kier alpha value is -3.80. The SMILES string of the molecule is CCOc1cc(-c2ccc(N3C[C@H]4C[C@@H](C3)C4NC(=O)OC(C)(C)C)nc2)c2c(C#N)cnn2c1. The third-order valence-corrected chi connectivity index (χ3v) is 6.62. The zero-order valence-electron chi connectivity index (χ0n) is 20.5. The van der Waals surface area contributed by atoms with Gasteiger partial charge in [-0.05, 0) is 64.2 Å². The van der Waals surface area contributed by atoms with E-state index in [0.29, 0.717) is 29.8 Å². The Balaban J connectivity index is 1.32. The Morgan fingerprint density at radius 1 is 1.26 bits per heavy atom. The Bertz CT molecular complexity index is 1280. The highest BCUT2D eigenvalue weighted by atomic mass is 16.6. The van der Waals surface area contributed by atoms with E-state index >= 15 is 0 Å². The van der Waals surface area contributed by atoms with E-state index < -0.39 is 5.60 Å². The van der Waals surface area contributed by atoms with Crippen LogP contribution in [0.2, 0.25) is 0 Å². The van der Waals surface area contributed by atoms with Crippen molar-refractivity contribution in [2.75, 3.05) is 24.6 Å². The number of carbonyl (C=O) groups is 1. The third kappa shape index (κ3) is 4.48. The lowest BCUT2D eigenvalue weighted by Crippen LogP contribution is -2.65. The smallest absolute Gasteiger partial charge is 0.407 e. The van der Waals surface area contributed by atoms with Gasteiger partial charge in [0, 0.05) is 36.5 Å². The summed E-state index contributed by atoms with van der Waals surface area (Å²) in [6.45, 7) is 9.77.